The van der Waals surface area contributed by atoms with Crippen molar-refractivity contribution >= 4 is 6.08 Å². The van der Waals surface area contributed by atoms with Gasteiger partial charge in [-0.1, -0.05) is 154 Å². The maximum absolute atomic E-state index is 3.91. The minimum Gasteiger partial charge on any atom is -0.322 e. The van der Waals surface area contributed by atoms with E-state index in [2.05, 4.69) is 51.7 Å². The molecule has 0 amide bonds. The lowest BCUT2D eigenvalue weighted by molar-refractivity contribution is -0.923. The summed E-state index contributed by atoms with van der Waals surface area (Å²) in [5.74, 6) is 0. The molecule has 0 heterocycles. The van der Waals surface area contributed by atoms with Crippen LogP contribution in [0, 0.1) is 0 Å². The van der Waals surface area contributed by atoms with Crippen molar-refractivity contribution in [2.75, 3.05) is 20.1 Å². The van der Waals surface area contributed by atoms with Gasteiger partial charge in [0.05, 0.1) is 20.1 Å². The molecule has 0 N–H and O–H groups in total. The number of nitrogens with zero attached hydrogens (tertiary/aromatic N) is 1. The van der Waals surface area contributed by atoms with Crippen molar-refractivity contribution in [3.05, 3.63) is 42.0 Å². The molecule has 0 fully saturated rings. The Bertz CT molecular complexity index is 563. The maximum atomic E-state index is 3.91. The zero-order valence-corrected chi connectivity index (χ0v) is 24.3. The van der Waals surface area contributed by atoms with Crippen LogP contribution in [0.5, 0.6) is 0 Å². The molecule has 1 nitrogen and oxygen atoms in total. The Morgan fingerprint density at radius 1 is 0.543 bits per heavy atom. The van der Waals surface area contributed by atoms with Crippen molar-refractivity contribution in [1.29, 1.82) is 0 Å². The van der Waals surface area contributed by atoms with Gasteiger partial charge in [0.2, 0.25) is 0 Å². The normalized spacial score (nSPS) is 11.7. The molecule has 0 unspecified atom stereocenters. The quantitative estimate of drug-likeness (QED) is 0.0955. The zero-order chi connectivity index (χ0) is 25.5. The first-order chi connectivity index (χ1) is 17.1. The van der Waals surface area contributed by atoms with E-state index in [4.69, 9.17) is 0 Å². The van der Waals surface area contributed by atoms with E-state index in [1.807, 2.05) is 6.08 Å². The number of unbranched alkanes of at least 4 members (excludes halogenated alkanes) is 18. The Hall–Kier alpha value is -1.08. The Labute approximate surface area is 221 Å². The SMILES string of the molecule is C=Cc1ccc(C[N+](C)(CCCCCCCCCCCC)CCCCCCCCCCCC)cc1. The highest BCUT2D eigenvalue weighted by Crippen LogP contribution is 2.19. The van der Waals surface area contributed by atoms with Gasteiger partial charge in [-0.25, -0.2) is 0 Å². The molecule has 0 aromatic heterocycles. The summed E-state index contributed by atoms with van der Waals surface area (Å²) >= 11 is 0. The molecule has 35 heavy (non-hydrogen) atoms. The van der Waals surface area contributed by atoms with Crippen LogP contribution < -0.4 is 0 Å². The maximum Gasteiger partial charge on any atom is 0.104 e. The Balaban J connectivity index is 2.33. The van der Waals surface area contributed by atoms with E-state index < -0.39 is 0 Å². The van der Waals surface area contributed by atoms with E-state index in [0.717, 1.165) is 0 Å². The van der Waals surface area contributed by atoms with Crippen LogP contribution in [0.3, 0.4) is 0 Å². The van der Waals surface area contributed by atoms with Crippen LogP contribution in [0.4, 0.5) is 0 Å². The second kappa shape index (κ2) is 22.1. The molecule has 1 rings (SSSR count). The van der Waals surface area contributed by atoms with Gasteiger partial charge >= 0.3 is 0 Å². The molecular weight excluding hydrogens is 422 g/mol. The second-order valence-electron chi connectivity index (χ2n) is 11.5. The van der Waals surface area contributed by atoms with Gasteiger partial charge in [0.25, 0.3) is 0 Å². The first-order valence-corrected chi connectivity index (χ1v) is 15.7. The van der Waals surface area contributed by atoms with E-state index in [1.54, 1.807) is 0 Å². The summed E-state index contributed by atoms with van der Waals surface area (Å²) in [6.45, 7) is 12.4. The summed E-state index contributed by atoms with van der Waals surface area (Å²) in [5, 5.41) is 0. The van der Waals surface area contributed by atoms with Crippen LogP contribution in [-0.2, 0) is 6.54 Å². The summed E-state index contributed by atoms with van der Waals surface area (Å²) in [5.41, 5.74) is 2.71. The third-order valence-corrected chi connectivity index (χ3v) is 7.88. The van der Waals surface area contributed by atoms with E-state index in [-0.39, 0.29) is 0 Å². The van der Waals surface area contributed by atoms with Crippen molar-refractivity contribution in [2.45, 2.75) is 149 Å². The van der Waals surface area contributed by atoms with Crippen LogP contribution in [-0.4, -0.2) is 24.6 Å². The molecule has 1 heteroatoms. The minimum atomic E-state index is 1.17. The van der Waals surface area contributed by atoms with E-state index in [0.29, 0.717) is 0 Å². The molecule has 0 bridgehead atoms. The number of benzene rings is 1. The third-order valence-electron chi connectivity index (χ3n) is 7.88. The fourth-order valence-electron chi connectivity index (χ4n) is 5.43. The summed E-state index contributed by atoms with van der Waals surface area (Å²) in [4.78, 5) is 0. The van der Waals surface area contributed by atoms with Gasteiger partial charge in [-0.3, -0.25) is 0 Å². The highest BCUT2D eigenvalue weighted by atomic mass is 15.3. The Morgan fingerprint density at radius 3 is 1.23 bits per heavy atom. The van der Waals surface area contributed by atoms with E-state index >= 15 is 0 Å². The monoisotopic (exact) mass is 484 g/mol. The molecule has 0 aliphatic carbocycles. The lowest BCUT2D eigenvalue weighted by atomic mass is 10.0. The fourth-order valence-corrected chi connectivity index (χ4v) is 5.43. The summed E-state index contributed by atoms with van der Waals surface area (Å²) in [7, 11) is 2.52. The average Bonchev–Trinajstić information content (AvgIpc) is 2.87. The number of rotatable bonds is 25. The third kappa shape index (κ3) is 17.9. The highest BCUT2D eigenvalue weighted by Gasteiger charge is 2.21. The van der Waals surface area contributed by atoms with Crippen LogP contribution in [0.2, 0.25) is 0 Å². The first kappa shape index (κ1) is 31.9. The number of quaternary nitrogens is 1. The van der Waals surface area contributed by atoms with Crippen molar-refractivity contribution < 1.29 is 4.48 Å². The largest absolute Gasteiger partial charge is 0.322 e. The van der Waals surface area contributed by atoms with Crippen LogP contribution in [0.25, 0.3) is 6.08 Å². The predicted molar refractivity (Wildman–Crippen MR) is 160 cm³/mol. The smallest absolute Gasteiger partial charge is 0.104 e. The van der Waals surface area contributed by atoms with Crippen molar-refractivity contribution in [3.63, 3.8) is 0 Å². The van der Waals surface area contributed by atoms with Crippen LogP contribution in [0.15, 0.2) is 30.8 Å². The van der Waals surface area contributed by atoms with Gasteiger partial charge in [-0.2, -0.15) is 0 Å². The molecule has 0 spiro atoms. The van der Waals surface area contributed by atoms with Gasteiger partial charge < -0.3 is 4.48 Å². The van der Waals surface area contributed by atoms with Gasteiger partial charge in [0, 0.05) is 5.56 Å². The molecule has 202 valence electrons. The minimum absolute atomic E-state index is 1.17. The van der Waals surface area contributed by atoms with Crippen LogP contribution >= 0.6 is 0 Å². The number of hydrogen-bond donors (Lipinski definition) is 0. The molecule has 1 aromatic carbocycles. The molecule has 0 aliphatic rings. The summed E-state index contributed by atoms with van der Waals surface area (Å²) in [6.07, 6.45) is 30.4. The van der Waals surface area contributed by atoms with Gasteiger partial charge in [0.1, 0.15) is 6.54 Å². The average molecular weight is 485 g/mol. The van der Waals surface area contributed by atoms with Crippen molar-refractivity contribution in [2.24, 2.45) is 0 Å². The lowest BCUT2D eigenvalue weighted by Gasteiger charge is -2.35. The topological polar surface area (TPSA) is 0 Å². The highest BCUT2D eigenvalue weighted by molar-refractivity contribution is 5.47. The van der Waals surface area contributed by atoms with Gasteiger partial charge in [-0.15, -0.1) is 0 Å². The Morgan fingerprint density at radius 2 is 0.886 bits per heavy atom. The van der Waals surface area contributed by atoms with Crippen molar-refractivity contribution in [1.82, 2.24) is 0 Å². The van der Waals surface area contributed by atoms with Crippen LogP contribution in [0.1, 0.15) is 153 Å². The second-order valence-corrected chi connectivity index (χ2v) is 11.5. The zero-order valence-electron chi connectivity index (χ0n) is 24.3. The predicted octanol–water partition coefficient (Wildman–Crippen LogP) is 11.1. The molecular formula is C34H62N+. The molecule has 0 saturated carbocycles. The first-order valence-electron chi connectivity index (χ1n) is 15.7. The van der Waals surface area contributed by atoms with E-state index in [1.165, 1.54) is 164 Å². The standard InChI is InChI=1S/C34H62N/c1-5-8-10-12-14-16-18-20-22-24-30-35(4,32-34-28-26-33(7-3)27-29-34)31-25-23-21-19-17-15-13-11-9-6-2/h7,26-29H,3,5-6,8-25,30-32H2,1-2,4H3/q+1. The molecule has 0 radical (unpaired) electrons. The Kier molecular flexibility index (Phi) is 20.2. The molecule has 0 aliphatic heterocycles. The molecule has 0 atom stereocenters. The summed E-state index contributed by atoms with van der Waals surface area (Å²) in [6, 6.07) is 9.11. The lowest BCUT2D eigenvalue weighted by Crippen LogP contribution is -2.44. The van der Waals surface area contributed by atoms with E-state index in [9.17, 15) is 0 Å². The van der Waals surface area contributed by atoms with Gasteiger partial charge in [-0.05, 0) is 31.2 Å². The van der Waals surface area contributed by atoms with Gasteiger partial charge in [0.15, 0.2) is 0 Å². The molecule has 0 saturated heterocycles. The summed E-state index contributed by atoms with van der Waals surface area (Å²) < 4.78 is 1.21. The fraction of sp³-hybridized carbons (Fsp3) is 0.765. The van der Waals surface area contributed by atoms with Crippen molar-refractivity contribution in [3.8, 4) is 0 Å². The molecule has 1 aromatic rings. The number of hydrogen-bond acceptors (Lipinski definition) is 0.